The molecule has 0 aliphatic carbocycles. The predicted molar refractivity (Wildman–Crippen MR) is 244 cm³/mol. The van der Waals surface area contributed by atoms with Gasteiger partial charge in [0.1, 0.15) is 52.8 Å². The lowest BCUT2D eigenvalue weighted by Crippen LogP contribution is -2.39. The molecule has 2 saturated heterocycles. The van der Waals surface area contributed by atoms with Crippen LogP contribution in [-0.2, 0) is 37.3 Å². The Labute approximate surface area is 380 Å². The number of aromatic hydroxyl groups is 2. The molecule has 4 aromatic rings. The van der Waals surface area contributed by atoms with Crippen LogP contribution in [0.15, 0.2) is 55.8 Å². The first-order chi connectivity index (χ1) is 31.1. The van der Waals surface area contributed by atoms with E-state index >= 15 is 0 Å². The SMILES string of the molecule is C=O.CCCCc1nc(O)c(S(=O)(=O)C2CCN(C)CC2)c(=O)n1-c1c(OC)cccc1OC.CCCCc1nc(O)c(S(=O)(=O)C2CCNCC2)c(=O)n1-c1c(OC)cccc1OC. The smallest absolute Gasteiger partial charge is 0.281 e. The number of ether oxygens (including phenoxy) is 4. The number of rotatable bonds is 16. The molecule has 2 aromatic carbocycles. The molecule has 2 aliphatic heterocycles. The number of unbranched alkanes of at least 4 members (excludes halogenated alkanes) is 2. The fourth-order valence-corrected chi connectivity index (χ4v) is 11.5. The maximum Gasteiger partial charge on any atom is 0.281 e. The number of carbonyl (C=O) groups is 1. The number of para-hydroxylation sites is 2. The fourth-order valence-electron chi connectivity index (χ4n) is 7.88. The first-order valence-corrected chi connectivity index (χ1v) is 24.5. The normalized spacial score (nSPS) is 14.9. The number of hydrogen-bond donors (Lipinski definition) is 3. The van der Waals surface area contributed by atoms with Gasteiger partial charge in [0.15, 0.2) is 29.5 Å². The second kappa shape index (κ2) is 23.6. The lowest BCUT2D eigenvalue weighted by Gasteiger charge is -2.28. The van der Waals surface area contributed by atoms with Gasteiger partial charge in [-0.1, -0.05) is 38.8 Å². The van der Waals surface area contributed by atoms with Crippen LogP contribution < -0.4 is 35.4 Å². The number of carbonyl (C=O) groups excluding carboxylic acids is 1. The summed E-state index contributed by atoms with van der Waals surface area (Å²) in [6.45, 7) is 8.23. The van der Waals surface area contributed by atoms with Gasteiger partial charge in [0.25, 0.3) is 11.1 Å². The highest BCUT2D eigenvalue weighted by Crippen LogP contribution is 2.36. The Morgan fingerprint density at radius 3 is 1.31 bits per heavy atom. The van der Waals surface area contributed by atoms with Crippen LogP contribution in [0.4, 0.5) is 0 Å². The largest absolute Gasteiger partial charge is 0.494 e. The van der Waals surface area contributed by atoms with Gasteiger partial charge >= 0.3 is 0 Å². The van der Waals surface area contributed by atoms with E-state index in [4.69, 9.17) is 23.7 Å². The van der Waals surface area contributed by atoms with Crippen LogP contribution in [0.1, 0.15) is 76.9 Å². The number of methoxy groups -OCH3 is 4. The second-order valence-electron chi connectivity index (χ2n) is 15.4. The number of hydrogen-bond acceptors (Lipinski definition) is 17. The maximum atomic E-state index is 13.7. The number of likely N-dealkylation sites (tertiary alicyclic amines) is 1. The Bertz CT molecular complexity index is 2540. The molecule has 0 unspecified atom stereocenters. The van der Waals surface area contributed by atoms with Crippen LogP contribution in [0.5, 0.6) is 34.8 Å². The van der Waals surface area contributed by atoms with Crippen molar-refractivity contribution >= 4 is 26.5 Å². The lowest BCUT2D eigenvalue weighted by atomic mass is 10.1. The standard InChI is InChI=1S/C22H31N3O6S.C21H29N3O6S.CH2O/c1-5-6-10-18-23-21(26)20(32(28,29)15-11-13-24(2)14-12-15)22(27)25(18)19-16(30-3)8-7-9-17(19)31-4;1-4-5-9-17-23-20(25)19(31(27,28)14-10-12-22-13-11-14)21(26)24(17)18-15(29-2)7-6-8-16(18)30-3;1-2/h7-9,15,26H,5-6,10-14H2,1-4H3;6-8,14,22,25H,4-5,9-13H2,1-3H3;1H2. The average molecular weight is 947 g/mol. The minimum atomic E-state index is -4.11. The van der Waals surface area contributed by atoms with E-state index in [1.807, 2.05) is 32.6 Å². The van der Waals surface area contributed by atoms with Crippen LogP contribution in [0, 0.1) is 0 Å². The molecule has 4 heterocycles. The molecule has 21 heteroatoms. The van der Waals surface area contributed by atoms with Crippen molar-refractivity contribution in [3.05, 3.63) is 68.8 Å². The highest BCUT2D eigenvalue weighted by molar-refractivity contribution is 7.92. The van der Waals surface area contributed by atoms with E-state index in [2.05, 4.69) is 15.3 Å². The lowest BCUT2D eigenvalue weighted by molar-refractivity contribution is -0.0980. The number of sulfone groups is 2. The summed E-state index contributed by atoms with van der Waals surface area (Å²) in [6.07, 6.45) is 5.27. The minimum absolute atomic E-state index is 0.247. The third-order valence-electron chi connectivity index (χ3n) is 11.3. The number of aryl methyl sites for hydroxylation is 2. The van der Waals surface area contributed by atoms with Gasteiger partial charge in [0.05, 0.1) is 38.9 Å². The molecular weight excluding hydrogens is 885 g/mol. The summed E-state index contributed by atoms with van der Waals surface area (Å²) in [5.41, 5.74) is -1.16. The second-order valence-corrected chi connectivity index (χ2v) is 19.7. The first kappa shape index (κ1) is 52.1. The van der Waals surface area contributed by atoms with Gasteiger partial charge in [-0.25, -0.2) is 16.8 Å². The highest BCUT2D eigenvalue weighted by Gasteiger charge is 2.38. The Morgan fingerprint density at radius 2 is 0.985 bits per heavy atom. The Morgan fingerprint density at radius 1 is 0.646 bits per heavy atom. The highest BCUT2D eigenvalue weighted by atomic mass is 32.2. The topological polar surface area (TPSA) is 248 Å². The number of benzene rings is 2. The van der Waals surface area contributed by atoms with E-state index in [-0.39, 0.29) is 23.0 Å². The van der Waals surface area contributed by atoms with Gasteiger partial charge < -0.3 is 44.2 Å². The summed E-state index contributed by atoms with van der Waals surface area (Å²) in [4.78, 5) is 44.4. The number of aromatic nitrogens is 4. The van der Waals surface area contributed by atoms with E-state index < -0.39 is 62.8 Å². The van der Waals surface area contributed by atoms with Crippen molar-refractivity contribution in [2.24, 2.45) is 0 Å². The van der Waals surface area contributed by atoms with E-state index in [9.17, 15) is 36.6 Å². The molecule has 0 amide bonds. The van der Waals surface area contributed by atoms with E-state index in [1.54, 1.807) is 36.4 Å². The Balaban J connectivity index is 0.000000274. The van der Waals surface area contributed by atoms with Crippen molar-refractivity contribution in [3.63, 3.8) is 0 Å². The van der Waals surface area contributed by atoms with Crippen LogP contribution in [0.2, 0.25) is 0 Å². The van der Waals surface area contributed by atoms with Crippen molar-refractivity contribution in [2.45, 2.75) is 98.3 Å². The molecule has 65 heavy (non-hydrogen) atoms. The maximum absolute atomic E-state index is 13.7. The van der Waals surface area contributed by atoms with Crippen molar-refractivity contribution in [1.82, 2.24) is 29.3 Å². The van der Waals surface area contributed by atoms with Gasteiger partial charge in [0.2, 0.25) is 11.8 Å². The summed E-state index contributed by atoms with van der Waals surface area (Å²) in [7, 11) is -0.461. The minimum Gasteiger partial charge on any atom is -0.494 e. The zero-order chi connectivity index (χ0) is 48.1. The number of nitrogens with one attached hydrogen (secondary N) is 1. The summed E-state index contributed by atoms with van der Waals surface area (Å²) < 4.78 is 77.8. The Hall–Kier alpha value is -5.51. The van der Waals surface area contributed by atoms with Gasteiger partial charge in [-0.2, -0.15) is 9.97 Å². The molecule has 0 saturated carbocycles. The van der Waals surface area contributed by atoms with Gasteiger partial charge in [-0.05, 0) is 96.0 Å². The molecule has 6 rings (SSSR count). The van der Waals surface area contributed by atoms with Crippen LogP contribution in [0.25, 0.3) is 11.4 Å². The summed E-state index contributed by atoms with van der Waals surface area (Å²) in [5.74, 6) is 0.327. The molecule has 358 valence electrons. The first-order valence-electron chi connectivity index (χ1n) is 21.4. The monoisotopic (exact) mass is 946 g/mol. The number of piperidine rings is 2. The molecule has 0 radical (unpaired) electrons. The zero-order valence-electron chi connectivity index (χ0n) is 38.2. The van der Waals surface area contributed by atoms with E-state index in [0.717, 1.165) is 12.8 Å². The summed E-state index contributed by atoms with van der Waals surface area (Å²) in [6, 6.07) is 10.0. The summed E-state index contributed by atoms with van der Waals surface area (Å²) >= 11 is 0. The third kappa shape index (κ3) is 11.3. The van der Waals surface area contributed by atoms with E-state index in [1.165, 1.54) is 37.6 Å². The van der Waals surface area contributed by atoms with Crippen molar-refractivity contribution in [3.8, 4) is 46.1 Å². The van der Waals surface area contributed by atoms with Crippen molar-refractivity contribution < 1.29 is 50.8 Å². The molecule has 0 bridgehead atoms. The summed E-state index contributed by atoms with van der Waals surface area (Å²) in [5, 5.41) is 22.8. The van der Waals surface area contributed by atoms with Crippen molar-refractivity contribution in [2.75, 3.05) is 61.7 Å². The predicted octanol–water partition coefficient (Wildman–Crippen LogP) is 3.80. The van der Waals surface area contributed by atoms with Crippen LogP contribution in [0.3, 0.4) is 0 Å². The molecule has 2 aromatic heterocycles. The van der Waals surface area contributed by atoms with Gasteiger partial charge in [-0.3, -0.25) is 18.7 Å². The van der Waals surface area contributed by atoms with Crippen LogP contribution >= 0.6 is 0 Å². The van der Waals surface area contributed by atoms with Gasteiger partial charge in [-0.15, -0.1) is 0 Å². The zero-order valence-corrected chi connectivity index (χ0v) is 39.8. The van der Waals surface area contributed by atoms with Crippen molar-refractivity contribution in [1.29, 1.82) is 0 Å². The number of nitrogens with zero attached hydrogens (tertiary/aromatic N) is 5. The molecule has 0 atom stereocenters. The van der Waals surface area contributed by atoms with Crippen LogP contribution in [-0.4, -0.2) is 130 Å². The Kier molecular flexibility index (Phi) is 18.9. The quantitative estimate of drug-likeness (QED) is 0.145. The third-order valence-corrected chi connectivity index (χ3v) is 15.9. The molecular formula is C44H62N6O13S2. The fraction of sp³-hybridized carbons (Fsp3) is 0.523. The molecule has 0 spiro atoms. The molecule has 19 nitrogen and oxygen atoms in total. The molecule has 2 fully saturated rings. The van der Waals surface area contributed by atoms with E-state index in [0.29, 0.717) is 101 Å². The van der Waals surface area contributed by atoms with Gasteiger partial charge in [0, 0.05) is 12.8 Å². The molecule has 3 N–H and O–H groups in total. The average Bonchev–Trinajstić information content (AvgIpc) is 3.30. The molecule has 2 aliphatic rings.